The molecule has 7 fully saturated rings. The summed E-state index contributed by atoms with van der Waals surface area (Å²) in [7, 11) is -4.67. The largest absolute Gasteiger partial charge is 0.453 e. The van der Waals surface area contributed by atoms with Gasteiger partial charge in [-0.3, -0.25) is 18.8 Å². The average Bonchev–Trinajstić information content (AvgIpc) is 3.32. The monoisotopic (exact) mass is 954 g/mol. The number of carbonyl (C=O) groups is 2. The molecule has 1 aromatic heterocycles. The van der Waals surface area contributed by atoms with Crippen LogP contribution in [0.25, 0.3) is 0 Å². The first-order valence-corrected chi connectivity index (χ1v) is 22.2. The van der Waals surface area contributed by atoms with Crippen LogP contribution in [0.4, 0.5) is 11.6 Å². The molecular formula is C38H60Cl2N8O14S. The molecule has 25 heteroatoms. The molecule has 0 aromatic carbocycles. The highest BCUT2D eigenvalue weighted by Gasteiger charge is 2.88. The third kappa shape index (κ3) is 7.76. The summed E-state index contributed by atoms with van der Waals surface area (Å²) in [6.45, 7) is 10.1. The van der Waals surface area contributed by atoms with Crippen LogP contribution in [0.5, 0.6) is 0 Å². The molecule has 4 heterocycles. The van der Waals surface area contributed by atoms with Gasteiger partial charge in [-0.15, -0.1) is 12.4 Å². The standard InChI is InChI=1S/C32H49NO9.C6H8ClN7O.ClH.H2O4S/c1-6-18(3)25(35)41-24-11-12-26(4)19-8-9-20-28(37)13-23(34)31(39)21(29(28,38)16-30(20,26)42-32(19,24)40)15-33-14-17(2)7-10-22(33)27(31,5)36;7-2-4(9)13-3(8)1(12-2)5(15)14-6(10)11;;1-5(2,3)4/h6,17,19-24,34,36-40H,7-16H2,1-5H3;(H4,8,9,13)(H4,10,11,14,15);1H;(H2,1,2,3,4). The second-order valence-electron chi connectivity index (χ2n) is 18.6. The van der Waals surface area contributed by atoms with Gasteiger partial charge in [0.2, 0.25) is 5.79 Å². The summed E-state index contributed by atoms with van der Waals surface area (Å²) in [4.78, 5) is 36.6. The lowest BCUT2D eigenvalue weighted by molar-refractivity contribution is -0.354. The molecule has 3 aliphatic heterocycles. The maximum atomic E-state index is 12.9. The van der Waals surface area contributed by atoms with Crippen molar-refractivity contribution in [3.8, 4) is 0 Å². The van der Waals surface area contributed by atoms with Crippen molar-refractivity contribution < 1.29 is 67.2 Å². The Morgan fingerprint density at radius 2 is 1.56 bits per heavy atom. The first-order chi connectivity index (χ1) is 28.4. The summed E-state index contributed by atoms with van der Waals surface area (Å²) in [5.41, 5.74) is 11.5. The van der Waals surface area contributed by atoms with E-state index in [1.54, 1.807) is 26.8 Å². The Hall–Kier alpha value is -3.04. The molecule has 0 radical (unpaired) electrons. The number of fused-ring (bicyclic) bond motifs is 5. The molecule has 4 saturated carbocycles. The fourth-order valence-corrected chi connectivity index (χ4v) is 12.7. The Kier molecular flexibility index (Phi) is 13.5. The van der Waals surface area contributed by atoms with E-state index in [4.69, 9.17) is 61.5 Å². The number of allylic oxidation sites excluding steroid dienone is 1. The molecule has 8 rings (SSSR count). The van der Waals surface area contributed by atoms with Crippen molar-refractivity contribution in [2.24, 2.45) is 45.5 Å². The van der Waals surface area contributed by atoms with Crippen molar-refractivity contribution in [2.45, 2.75) is 138 Å². The number of guanidine groups is 1. The quantitative estimate of drug-likeness (QED) is 0.0595. The van der Waals surface area contributed by atoms with Crippen molar-refractivity contribution >= 4 is 63.9 Å². The number of aliphatic hydroxyl groups is 6. The molecule has 3 saturated heterocycles. The highest BCUT2D eigenvalue weighted by atomic mass is 35.5. The number of esters is 1. The van der Waals surface area contributed by atoms with Gasteiger partial charge in [-0.1, -0.05) is 31.5 Å². The maximum absolute atomic E-state index is 12.9. The van der Waals surface area contributed by atoms with Crippen molar-refractivity contribution in [3.63, 3.8) is 0 Å². The first kappa shape index (κ1) is 51.0. The zero-order chi connectivity index (χ0) is 46.6. The summed E-state index contributed by atoms with van der Waals surface area (Å²) in [5, 5.41) is 73.8. The van der Waals surface area contributed by atoms with Crippen LogP contribution in [0.2, 0.25) is 5.15 Å². The van der Waals surface area contributed by atoms with E-state index in [0.717, 1.165) is 6.42 Å². The Labute approximate surface area is 375 Å². The maximum Gasteiger partial charge on any atom is 0.394 e. The van der Waals surface area contributed by atoms with Crippen molar-refractivity contribution in [2.75, 3.05) is 24.6 Å². The predicted octanol–water partition coefficient (Wildman–Crippen LogP) is -0.532. The lowest BCUT2D eigenvalue weighted by Gasteiger charge is -2.68. The second kappa shape index (κ2) is 16.7. The molecule has 14 atom stereocenters. The van der Waals surface area contributed by atoms with Crippen LogP contribution >= 0.6 is 24.0 Å². The molecule has 1 spiro atoms. The second-order valence-corrected chi connectivity index (χ2v) is 19.8. The molecule has 63 heavy (non-hydrogen) atoms. The number of carbonyl (C=O) groups excluding carboxylic acids is 2. The lowest BCUT2D eigenvalue weighted by Crippen LogP contribution is -2.85. The number of aliphatic hydroxyl groups excluding tert-OH is 1. The molecule has 4 bridgehead atoms. The number of amides is 1. The minimum atomic E-state index is -4.67. The summed E-state index contributed by atoms with van der Waals surface area (Å²) in [6, 6.07) is -0.387. The third-order valence-electron chi connectivity index (χ3n) is 15.4. The molecule has 4 aliphatic carbocycles. The summed E-state index contributed by atoms with van der Waals surface area (Å²) < 4.78 is 44.2. The van der Waals surface area contributed by atoms with E-state index >= 15 is 0 Å². The smallest absolute Gasteiger partial charge is 0.394 e. The molecule has 14 unspecified atom stereocenters. The van der Waals surface area contributed by atoms with E-state index in [0.29, 0.717) is 50.1 Å². The van der Waals surface area contributed by atoms with E-state index < -0.39 is 97.4 Å². The fraction of sp³-hybridized carbons (Fsp3) is 0.763. The summed E-state index contributed by atoms with van der Waals surface area (Å²) >= 11 is 5.55. The van der Waals surface area contributed by atoms with E-state index in [2.05, 4.69) is 26.8 Å². The summed E-state index contributed by atoms with van der Waals surface area (Å²) in [6.07, 6.45) is 2.30. The van der Waals surface area contributed by atoms with Crippen LogP contribution in [0, 0.1) is 29.1 Å². The number of piperidine rings is 2. The number of aliphatic imine (C=N–C) groups is 1. The van der Waals surface area contributed by atoms with Crippen LogP contribution in [-0.2, 0) is 24.7 Å². The van der Waals surface area contributed by atoms with Gasteiger partial charge in [0.25, 0.3) is 0 Å². The topological polar surface area (TPSA) is 394 Å². The number of anilines is 2. The van der Waals surface area contributed by atoms with Gasteiger partial charge in [0.15, 0.2) is 34.5 Å². The van der Waals surface area contributed by atoms with Gasteiger partial charge < -0.3 is 63.0 Å². The van der Waals surface area contributed by atoms with Crippen molar-refractivity contribution in [1.29, 1.82) is 0 Å². The van der Waals surface area contributed by atoms with E-state index in [1.807, 2.05) is 6.92 Å². The van der Waals surface area contributed by atoms with E-state index in [9.17, 15) is 40.2 Å². The minimum absolute atomic E-state index is 0. The zero-order valence-corrected chi connectivity index (χ0v) is 37.9. The van der Waals surface area contributed by atoms with Gasteiger partial charge in [0, 0.05) is 60.7 Å². The molecule has 1 aromatic rings. The SMILES string of the molecule is CC=C(C)C(=O)OC1CCC2(C)C3CCC4C5(O)CC(O)C6(O)C(CN7CC(C)CCC7C6(C)O)C5(O)CC42OC13O.Cl.NC(N)=NC(=O)c1nc(Cl)c(N)nc1N.O=S(=O)(O)O. The zero-order valence-electron chi connectivity index (χ0n) is 35.5. The van der Waals surface area contributed by atoms with Crippen LogP contribution in [-0.4, -0.2) is 146 Å². The predicted molar refractivity (Wildman–Crippen MR) is 227 cm³/mol. The fourth-order valence-electron chi connectivity index (χ4n) is 12.6. The van der Waals surface area contributed by atoms with Gasteiger partial charge in [0.1, 0.15) is 22.4 Å². The van der Waals surface area contributed by atoms with E-state index in [1.165, 1.54) is 0 Å². The van der Waals surface area contributed by atoms with Gasteiger partial charge in [0.05, 0.1) is 11.7 Å². The third-order valence-corrected chi connectivity index (χ3v) is 15.7. The first-order valence-electron chi connectivity index (χ1n) is 20.4. The number of nitrogens with zero attached hydrogens (tertiary/aromatic N) is 4. The Morgan fingerprint density at radius 3 is 2.14 bits per heavy atom. The number of ether oxygens (including phenoxy) is 2. The number of nitrogen functional groups attached to an aromatic ring is 2. The van der Waals surface area contributed by atoms with Gasteiger partial charge in [-0.05, 0) is 65.2 Å². The van der Waals surface area contributed by atoms with Gasteiger partial charge in [-0.2, -0.15) is 13.4 Å². The van der Waals surface area contributed by atoms with Crippen LogP contribution in [0.1, 0.15) is 96.5 Å². The minimum Gasteiger partial charge on any atom is -0.453 e. The Bertz CT molecular complexity index is 2160. The van der Waals surface area contributed by atoms with Crippen LogP contribution in [0.3, 0.4) is 0 Å². The lowest BCUT2D eigenvalue weighted by atomic mass is 9.49. The molecule has 356 valence electrons. The Morgan fingerprint density at radius 1 is 0.952 bits per heavy atom. The van der Waals surface area contributed by atoms with Gasteiger partial charge >= 0.3 is 22.3 Å². The average molecular weight is 956 g/mol. The van der Waals surface area contributed by atoms with Crippen LogP contribution < -0.4 is 22.9 Å². The molecular weight excluding hydrogens is 895 g/mol. The number of rotatable bonds is 3. The van der Waals surface area contributed by atoms with Crippen molar-refractivity contribution in [3.05, 3.63) is 22.5 Å². The number of aromatic nitrogens is 2. The van der Waals surface area contributed by atoms with Crippen LogP contribution in [0.15, 0.2) is 16.6 Å². The molecule has 7 aliphatic rings. The van der Waals surface area contributed by atoms with Crippen molar-refractivity contribution in [1.82, 2.24) is 14.9 Å². The highest BCUT2D eigenvalue weighted by molar-refractivity contribution is 7.79. The number of nitrogens with two attached hydrogens (primary N) is 4. The number of halogens is 2. The van der Waals surface area contributed by atoms with E-state index in [-0.39, 0.29) is 60.3 Å². The van der Waals surface area contributed by atoms with Gasteiger partial charge in [-0.25, -0.2) is 14.8 Å². The molecule has 1 amide bonds. The number of hydrogen-bond donors (Lipinski definition) is 12. The normalized spacial score (nSPS) is 43.4. The molecule has 16 N–H and O–H groups in total. The number of hydrogen-bond acceptors (Lipinski definition) is 17. The summed E-state index contributed by atoms with van der Waals surface area (Å²) in [5.74, 6) is -5.55. The highest BCUT2D eigenvalue weighted by Crippen LogP contribution is 2.78. The Balaban J connectivity index is 0.000000298. The molecule has 22 nitrogen and oxygen atoms in total.